The molecule has 21 heavy (non-hydrogen) atoms. The molecule has 0 saturated heterocycles. The van der Waals surface area contributed by atoms with Crippen LogP contribution >= 0.6 is 0 Å². The van der Waals surface area contributed by atoms with E-state index in [9.17, 15) is 26.7 Å². The molecule has 1 atom stereocenters. The number of nitrogens with one attached hydrogen (secondary N) is 1. The Morgan fingerprint density at radius 1 is 1.24 bits per heavy atom. The van der Waals surface area contributed by atoms with E-state index in [2.05, 4.69) is 5.32 Å². The van der Waals surface area contributed by atoms with E-state index in [1.54, 1.807) is 0 Å². The summed E-state index contributed by atoms with van der Waals surface area (Å²) >= 11 is 0. The van der Waals surface area contributed by atoms with Crippen LogP contribution in [0, 0.1) is 0 Å². The number of sulfone groups is 1. The second-order valence-corrected chi connectivity index (χ2v) is 6.70. The first-order valence-corrected chi connectivity index (χ1v) is 8.11. The van der Waals surface area contributed by atoms with Crippen molar-refractivity contribution in [3.05, 3.63) is 29.8 Å². The lowest BCUT2D eigenvalue weighted by molar-refractivity contribution is -0.137. The number of rotatable bonds is 7. The van der Waals surface area contributed by atoms with Gasteiger partial charge in [0.2, 0.25) is 0 Å². The van der Waals surface area contributed by atoms with Crippen molar-refractivity contribution in [1.29, 1.82) is 0 Å². The first-order chi connectivity index (χ1) is 9.66. The van der Waals surface area contributed by atoms with E-state index in [-0.39, 0.29) is 11.4 Å². The summed E-state index contributed by atoms with van der Waals surface area (Å²) < 4.78 is 61.1. The molecule has 0 fully saturated rings. The van der Waals surface area contributed by atoms with Crippen molar-refractivity contribution < 1.29 is 26.7 Å². The Morgan fingerprint density at radius 3 is 2.29 bits per heavy atom. The van der Waals surface area contributed by atoms with Gasteiger partial charge in [-0.1, -0.05) is 6.92 Å². The molecule has 1 aromatic carbocycles. The van der Waals surface area contributed by atoms with Crippen molar-refractivity contribution in [2.24, 2.45) is 0 Å². The maximum Gasteiger partial charge on any atom is 0.416 e. The maximum atomic E-state index is 12.4. The number of aliphatic hydroxyl groups is 1. The molecule has 0 saturated carbocycles. The SMILES string of the molecule is CCCNCC(O)CS(=O)(=O)c1ccc(C(F)(F)F)cc1. The molecule has 4 nitrogen and oxygen atoms in total. The van der Waals surface area contributed by atoms with Crippen molar-refractivity contribution >= 4 is 9.84 Å². The molecule has 120 valence electrons. The standard InChI is InChI=1S/C13H18F3NO3S/c1-2-7-17-8-11(18)9-21(19,20)12-5-3-10(4-6-12)13(14,15)16/h3-6,11,17-18H,2,7-9H2,1H3. The fraction of sp³-hybridized carbons (Fsp3) is 0.538. The van der Waals surface area contributed by atoms with Crippen LogP contribution in [-0.2, 0) is 16.0 Å². The molecule has 1 rings (SSSR count). The summed E-state index contributed by atoms with van der Waals surface area (Å²) in [6, 6.07) is 3.25. The minimum atomic E-state index is -4.51. The third-order valence-electron chi connectivity index (χ3n) is 2.76. The van der Waals surface area contributed by atoms with E-state index in [0.29, 0.717) is 18.7 Å². The van der Waals surface area contributed by atoms with Gasteiger partial charge >= 0.3 is 6.18 Å². The summed E-state index contributed by atoms with van der Waals surface area (Å²) in [5.41, 5.74) is -0.911. The predicted octanol–water partition coefficient (Wildman–Crippen LogP) is 1.84. The van der Waals surface area contributed by atoms with Crippen LogP contribution in [0.4, 0.5) is 13.2 Å². The molecule has 0 aromatic heterocycles. The highest BCUT2D eigenvalue weighted by molar-refractivity contribution is 7.91. The summed E-state index contributed by atoms with van der Waals surface area (Å²) in [5, 5.41) is 12.5. The summed E-state index contributed by atoms with van der Waals surface area (Å²) in [6.07, 6.45) is -4.77. The number of hydrogen-bond acceptors (Lipinski definition) is 4. The topological polar surface area (TPSA) is 66.4 Å². The molecule has 0 spiro atoms. The lowest BCUT2D eigenvalue weighted by atomic mass is 10.2. The van der Waals surface area contributed by atoms with E-state index >= 15 is 0 Å². The van der Waals surface area contributed by atoms with E-state index in [1.165, 1.54) is 0 Å². The van der Waals surface area contributed by atoms with Crippen molar-refractivity contribution in [2.45, 2.75) is 30.5 Å². The summed E-state index contributed by atoms with van der Waals surface area (Å²) in [7, 11) is -3.82. The molecule has 0 radical (unpaired) electrons. The summed E-state index contributed by atoms with van der Waals surface area (Å²) in [5.74, 6) is -0.533. The number of aliphatic hydroxyl groups excluding tert-OH is 1. The van der Waals surface area contributed by atoms with Gasteiger partial charge in [0.25, 0.3) is 0 Å². The van der Waals surface area contributed by atoms with Gasteiger partial charge in [0, 0.05) is 6.54 Å². The van der Waals surface area contributed by atoms with Crippen molar-refractivity contribution in [1.82, 2.24) is 5.32 Å². The molecule has 2 N–H and O–H groups in total. The van der Waals surface area contributed by atoms with Gasteiger partial charge in [-0.25, -0.2) is 8.42 Å². The molecule has 1 aromatic rings. The molecule has 0 aliphatic heterocycles. The van der Waals surface area contributed by atoms with Crippen LogP contribution in [-0.4, -0.2) is 38.5 Å². The van der Waals surface area contributed by atoms with E-state index < -0.39 is 33.4 Å². The normalized spacial score (nSPS) is 14.1. The third kappa shape index (κ3) is 5.64. The van der Waals surface area contributed by atoms with Crippen LogP contribution < -0.4 is 5.32 Å². The van der Waals surface area contributed by atoms with Crippen molar-refractivity contribution in [3.63, 3.8) is 0 Å². The molecular weight excluding hydrogens is 307 g/mol. The Hall–Kier alpha value is -1.12. The lowest BCUT2D eigenvalue weighted by Crippen LogP contribution is -2.32. The Labute approximate surface area is 121 Å². The van der Waals surface area contributed by atoms with Crippen LogP contribution in [0.2, 0.25) is 0 Å². The first-order valence-electron chi connectivity index (χ1n) is 6.45. The van der Waals surface area contributed by atoms with Gasteiger partial charge in [0.15, 0.2) is 9.84 Å². The minimum Gasteiger partial charge on any atom is -0.391 e. The molecule has 1 unspecified atom stereocenters. The largest absolute Gasteiger partial charge is 0.416 e. The summed E-state index contributed by atoms with van der Waals surface area (Å²) in [6.45, 7) is 2.70. The number of hydrogen-bond donors (Lipinski definition) is 2. The predicted molar refractivity (Wildman–Crippen MR) is 72.7 cm³/mol. The smallest absolute Gasteiger partial charge is 0.391 e. The van der Waals surface area contributed by atoms with Gasteiger partial charge in [-0.15, -0.1) is 0 Å². The average Bonchev–Trinajstić information content (AvgIpc) is 2.37. The van der Waals surface area contributed by atoms with Gasteiger partial charge < -0.3 is 10.4 Å². The second kappa shape index (κ2) is 7.24. The zero-order valence-corrected chi connectivity index (χ0v) is 12.3. The zero-order chi connectivity index (χ0) is 16.1. The number of benzene rings is 1. The highest BCUT2D eigenvalue weighted by Gasteiger charge is 2.30. The van der Waals surface area contributed by atoms with Crippen LogP contribution in [0.15, 0.2) is 29.2 Å². The molecular formula is C13H18F3NO3S. The fourth-order valence-electron chi connectivity index (χ4n) is 1.71. The summed E-state index contributed by atoms with van der Waals surface area (Å²) in [4.78, 5) is -0.231. The monoisotopic (exact) mass is 325 g/mol. The highest BCUT2D eigenvalue weighted by atomic mass is 32.2. The minimum absolute atomic E-state index is 0.119. The average molecular weight is 325 g/mol. The Balaban J connectivity index is 2.74. The Morgan fingerprint density at radius 2 is 1.81 bits per heavy atom. The Bertz CT molecular complexity index is 541. The van der Waals surface area contributed by atoms with Gasteiger partial charge in [-0.3, -0.25) is 0 Å². The van der Waals surface area contributed by atoms with Crippen LogP contribution in [0.1, 0.15) is 18.9 Å². The zero-order valence-electron chi connectivity index (χ0n) is 11.5. The number of alkyl halides is 3. The molecule has 8 heteroatoms. The van der Waals surface area contributed by atoms with Crippen LogP contribution in [0.5, 0.6) is 0 Å². The molecule has 0 aliphatic carbocycles. The third-order valence-corrected chi connectivity index (χ3v) is 4.57. The molecule has 0 bridgehead atoms. The van der Waals surface area contributed by atoms with Gasteiger partial charge in [-0.05, 0) is 37.2 Å². The van der Waals surface area contributed by atoms with Crippen LogP contribution in [0.3, 0.4) is 0 Å². The highest BCUT2D eigenvalue weighted by Crippen LogP contribution is 2.29. The van der Waals surface area contributed by atoms with E-state index in [4.69, 9.17) is 0 Å². The van der Waals surface area contributed by atoms with Gasteiger partial charge in [0.05, 0.1) is 22.3 Å². The Kier molecular flexibility index (Phi) is 6.18. The van der Waals surface area contributed by atoms with Crippen molar-refractivity contribution in [2.75, 3.05) is 18.8 Å². The maximum absolute atomic E-state index is 12.4. The number of halogens is 3. The van der Waals surface area contributed by atoms with E-state index in [1.807, 2.05) is 6.92 Å². The molecule has 0 heterocycles. The second-order valence-electron chi connectivity index (χ2n) is 4.66. The molecule has 0 amide bonds. The van der Waals surface area contributed by atoms with Crippen molar-refractivity contribution in [3.8, 4) is 0 Å². The van der Waals surface area contributed by atoms with Crippen LogP contribution in [0.25, 0.3) is 0 Å². The fourth-order valence-corrected chi connectivity index (χ4v) is 3.07. The lowest BCUT2D eigenvalue weighted by Gasteiger charge is -2.13. The van der Waals surface area contributed by atoms with Gasteiger partial charge in [-0.2, -0.15) is 13.2 Å². The molecule has 0 aliphatic rings. The van der Waals surface area contributed by atoms with Gasteiger partial charge in [0.1, 0.15) is 0 Å². The quantitative estimate of drug-likeness (QED) is 0.751. The first kappa shape index (κ1) is 17.9. The van der Waals surface area contributed by atoms with E-state index in [0.717, 1.165) is 18.6 Å².